The molecule has 10 heteroatoms. The van der Waals surface area contributed by atoms with Gasteiger partial charge >= 0.3 is 12.2 Å². The summed E-state index contributed by atoms with van der Waals surface area (Å²) in [5, 5.41) is 16.2. The van der Waals surface area contributed by atoms with Crippen molar-refractivity contribution in [1.82, 2.24) is 20.7 Å². The molecule has 1 fully saturated rings. The summed E-state index contributed by atoms with van der Waals surface area (Å²) >= 11 is 0. The first-order valence-electron chi connectivity index (χ1n) is 15.1. The molecular weight excluding hydrogens is 548 g/mol. The van der Waals surface area contributed by atoms with E-state index in [-0.39, 0.29) is 12.2 Å². The number of aliphatic hydroxyl groups is 1. The minimum absolute atomic E-state index is 0.0183. The molecule has 1 aliphatic rings. The molecule has 2 aromatic rings. The number of ether oxygens (including phenoxy) is 2. The molecular formula is C33H48N4O6. The molecule has 0 aliphatic heterocycles. The van der Waals surface area contributed by atoms with Crippen LogP contribution in [0.2, 0.25) is 0 Å². The predicted molar refractivity (Wildman–Crippen MR) is 164 cm³/mol. The second-order valence-electron chi connectivity index (χ2n) is 13.2. The summed E-state index contributed by atoms with van der Waals surface area (Å²) in [6, 6.07) is 12.7. The molecule has 3 rings (SSSR count). The number of hydrogen-bond donors (Lipinski definition) is 3. The van der Waals surface area contributed by atoms with E-state index in [0.717, 1.165) is 25.7 Å². The molecule has 3 unspecified atom stereocenters. The Bertz CT molecular complexity index is 1170. The highest BCUT2D eigenvalue weighted by molar-refractivity contribution is 5.97. The molecule has 10 nitrogen and oxygen atoms in total. The summed E-state index contributed by atoms with van der Waals surface area (Å²) in [6.07, 6.45) is 4.18. The number of carbonyl (C=O) groups excluding carboxylic acids is 3. The monoisotopic (exact) mass is 596 g/mol. The number of alkyl carbamates (subject to hydrolysis) is 1. The fourth-order valence-electron chi connectivity index (χ4n) is 5.27. The van der Waals surface area contributed by atoms with Crippen LogP contribution >= 0.6 is 0 Å². The molecule has 1 heterocycles. The van der Waals surface area contributed by atoms with Crippen LogP contribution in [0.1, 0.15) is 95.8 Å². The molecule has 0 bridgehead atoms. The lowest BCUT2D eigenvalue weighted by Gasteiger charge is -2.37. The predicted octanol–water partition coefficient (Wildman–Crippen LogP) is 5.83. The summed E-state index contributed by atoms with van der Waals surface area (Å²) in [4.78, 5) is 44.6. The largest absolute Gasteiger partial charge is 0.444 e. The fourth-order valence-corrected chi connectivity index (χ4v) is 5.27. The van der Waals surface area contributed by atoms with Crippen LogP contribution in [0, 0.1) is 11.8 Å². The van der Waals surface area contributed by atoms with Gasteiger partial charge in [-0.1, -0.05) is 55.7 Å². The molecule has 1 aromatic heterocycles. The van der Waals surface area contributed by atoms with Crippen LogP contribution in [-0.2, 0) is 9.47 Å². The third kappa shape index (κ3) is 11.6. The standard InChI is InChI=1S/C33H48N4O6/c1-32(2,3)42-30(40)35-27(28(38)24-17-11-8-12-18-24)25(29(39)26-19-13-14-20-34-26)22-37(21-23-15-9-7-10-16-23)36-31(41)43-33(4,5)6/h8,11-14,17-20,23,25,27-28,38H,7,9-10,15-16,21-22H2,1-6H3,(H,35,40)(H,36,41). The average Bonchev–Trinajstić information content (AvgIpc) is 2.93. The van der Waals surface area contributed by atoms with E-state index < -0.39 is 47.2 Å². The Balaban J connectivity index is 2.04. The Morgan fingerprint density at radius 3 is 2.09 bits per heavy atom. The Hall–Kier alpha value is -3.50. The number of hydrogen-bond acceptors (Lipinski definition) is 8. The first-order chi connectivity index (χ1) is 20.2. The number of aromatic nitrogens is 1. The van der Waals surface area contributed by atoms with E-state index in [4.69, 9.17) is 9.47 Å². The van der Waals surface area contributed by atoms with Gasteiger partial charge in [0.05, 0.1) is 12.0 Å². The van der Waals surface area contributed by atoms with Crippen molar-refractivity contribution in [3.63, 3.8) is 0 Å². The van der Waals surface area contributed by atoms with Crippen LogP contribution in [0.25, 0.3) is 0 Å². The van der Waals surface area contributed by atoms with E-state index in [1.807, 2.05) is 6.07 Å². The van der Waals surface area contributed by atoms with E-state index in [2.05, 4.69) is 15.7 Å². The lowest BCUT2D eigenvalue weighted by atomic mass is 9.85. The van der Waals surface area contributed by atoms with Gasteiger partial charge in [0.1, 0.15) is 23.0 Å². The molecule has 1 aromatic carbocycles. The van der Waals surface area contributed by atoms with E-state index in [9.17, 15) is 19.5 Å². The zero-order chi connectivity index (χ0) is 31.6. The summed E-state index contributed by atoms with van der Waals surface area (Å²) in [5.74, 6) is -1.13. The van der Waals surface area contributed by atoms with Crippen molar-refractivity contribution >= 4 is 18.0 Å². The zero-order valence-corrected chi connectivity index (χ0v) is 26.3. The summed E-state index contributed by atoms with van der Waals surface area (Å²) in [5.41, 5.74) is 2.02. The topological polar surface area (TPSA) is 130 Å². The SMILES string of the molecule is CC(C)(C)OC(=O)NC(C(CN(CC1CCCCC1)NC(=O)OC(C)(C)C)C(=O)c1ccccn1)C(O)c1ccccc1. The van der Waals surface area contributed by atoms with Gasteiger partial charge in [-0.15, -0.1) is 0 Å². The number of benzene rings is 1. The van der Waals surface area contributed by atoms with Crippen LogP contribution in [0.3, 0.4) is 0 Å². The number of rotatable bonds is 11. The number of hydrazine groups is 1. The van der Waals surface area contributed by atoms with Crippen molar-refractivity contribution in [2.45, 2.75) is 97.0 Å². The van der Waals surface area contributed by atoms with Gasteiger partial charge in [0.15, 0.2) is 5.78 Å². The molecule has 0 radical (unpaired) electrons. The van der Waals surface area contributed by atoms with Crippen LogP contribution in [0.4, 0.5) is 9.59 Å². The molecule has 43 heavy (non-hydrogen) atoms. The van der Waals surface area contributed by atoms with E-state index in [0.29, 0.717) is 18.0 Å². The first kappa shape index (κ1) is 34.0. The van der Waals surface area contributed by atoms with Gasteiger partial charge < -0.3 is 19.9 Å². The van der Waals surface area contributed by atoms with Crippen molar-refractivity contribution in [2.24, 2.45) is 11.8 Å². The van der Waals surface area contributed by atoms with Gasteiger partial charge in [0.2, 0.25) is 0 Å². The Morgan fingerprint density at radius 1 is 0.907 bits per heavy atom. The first-order valence-corrected chi connectivity index (χ1v) is 15.1. The van der Waals surface area contributed by atoms with Crippen molar-refractivity contribution in [3.05, 3.63) is 66.0 Å². The lowest BCUT2D eigenvalue weighted by Crippen LogP contribution is -2.56. The zero-order valence-electron chi connectivity index (χ0n) is 26.3. The van der Waals surface area contributed by atoms with Crippen molar-refractivity contribution in [1.29, 1.82) is 0 Å². The molecule has 236 valence electrons. The third-order valence-corrected chi connectivity index (χ3v) is 7.12. The average molecular weight is 597 g/mol. The number of pyridine rings is 1. The quantitative estimate of drug-likeness (QED) is 0.218. The Morgan fingerprint density at radius 2 is 1.51 bits per heavy atom. The van der Waals surface area contributed by atoms with Gasteiger partial charge in [0, 0.05) is 19.3 Å². The van der Waals surface area contributed by atoms with E-state index >= 15 is 0 Å². The number of carbonyl (C=O) groups is 3. The van der Waals surface area contributed by atoms with E-state index in [1.54, 1.807) is 89.0 Å². The van der Waals surface area contributed by atoms with Gasteiger partial charge in [-0.25, -0.2) is 14.6 Å². The number of Topliss-reactive ketones (excluding diaryl/α,β-unsaturated/α-hetero) is 1. The van der Waals surface area contributed by atoms with Crippen LogP contribution in [0.15, 0.2) is 54.7 Å². The Labute approximate surface area is 255 Å². The van der Waals surface area contributed by atoms with Crippen molar-refractivity contribution < 1.29 is 29.0 Å². The van der Waals surface area contributed by atoms with Crippen LogP contribution in [0.5, 0.6) is 0 Å². The maximum absolute atomic E-state index is 14.2. The fraction of sp³-hybridized carbons (Fsp3) is 0.576. The van der Waals surface area contributed by atoms with Gasteiger partial charge in [0.25, 0.3) is 0 Å². The molecule has 3 atom stereocenters. The minimum Gasteiger partial charge on any atom is -0.444 e. The third-order valence-electron chi connectivity index (χ3n) is 7.12. The normalized spacial score (nSPS) is 16.6. The number of ketones is 1. The van der Waals surface area contributed by atoms with Gasteiger partial charge in [-0.2, -0.15) is 0 Å². The second kappa shape index (κ2) is 15.3. The van der Waals surface area contributed by atoms with Gasteiger partial charge in [-0.3, -0.25) is 15.2 Å². The highest BCUT2D eigenvalue weighted by Crippen LogP contribution is 2.28. The van der Waals surface area contributed by atoms with Crippen LogP contribution in [-0.4, -0.2) is 63.4 Å². The number of nitrogens with zero attached hydrogens (tertiary/aromatic N) is 2. The molecule has 1 saturated carbocycles. The molecule has 3 N–H and O–H groups in total. The number of aliphatic hydroxyl groups excluding tert-OH is 1. The van der Waals surface area contributed by atoms with Crippen LogP contribution < -0.4 is 10.7 Å². The molecule has 0 saturated heterocycles. The van der Waals surface area contributed by atoms with E-state index in [1.165, 1.54) is 12.6 Å². The summed E-state index contributed by atoms with van der Waals surface area (Å²) < 4.78 is 11.1. The lowest BCUT2D eigenvalue weighted by molar-refractivity contribution is 0.0137. The smallest absolute Gasteiger partial charge is 0.422 e. The second-order valence-corrected chi connectivity index (χ2v) is 13.2. The molecule has 0 spiro atoms. The molecule has 2 amide bonds. The summed E-state index contributed by atoms with van der Waals surface area (Å²) in [6.45, 7) is 11.0. The van der Waals surface area contributed by atoms with Gasteiger partial charge in [-0.05, 0) is 78.0 Å². The highest BCUT2D eigenvalue weighted by atomic mass is 16.6. The van der Waals surface area contributed by atoms with Crippen molar-refractivity contribution in [3.8, 4) is 0 Å². The minimum atomic E-state index is -1.27. The number of nitrogens with one attached hydrogen (secondary N) is 2. The maximum atomic E-state index is 14.2. The summed E-state index contributed by atoms with van der Waals surface area (Å²) in [7, 11) is 0. The maximum Gasteiger partial charge on any atom is 0.422 e. The molecule has 1 aliphatic carbocycles. The van der Waals surface area contributed by atoms with Crippen molar-refractivity contribution in [2.75, 3.05) is 13.1 Å². The Kier molecular flexibility index (Phi) is 12.1. The number of amides is 2. The highest BCUT2D eigenvalue weighted by Gasteiger charge is 2.39.